The summed E-state index contributed by atoms with van der Waals surface area (Å²) < 4.78 is 31.0. The lowest BCUT2D eigenvalue weighted by Crippen LogP contribution is -2.17. The summed E-state index contributed by atoms with van der Waals surface area (Å²) in [7, 11) is 1.95. The smallest absolute Gasteiger partial charge is 0.387 e. The molecule has 0 unspecified atom stereocenters. The third-order valence-electron chi connectivity index (χ3n) is 4.66. The molecule has 0 N–H and O–H groups in total. The van der Waals surface area contributed by atoms with Crippen LogP contribution >= 0.6 is 0 Å². The summed E-state index contributed by atoms with van der Waals surface area (Å²) in [6, 6.07) is 15.9. The lowest BCUT2D eigenvalue weighted by atomic mass is 10.1. The Hall–Kier alpha value is -3.99. The first-order valence-corrected chi connectivity index (χ1v) is 9.12. The summed E-state index contributed by atoms with van der Waals surface area (Å²) in [6.07, 6.45) is 5.31. The van der Waals surface area contributed by atoms with E-state index in [2.05, 4.69) is 20.8 Å². The van der Waals surface area contributed by atoms with Crippen molar-refractivity contribution in [2.75, 3.05) is 11.9 Å². The van der Waals surface area contributed by atoms with Gasteiger partial charge in [0.25, 0.3) is 0 Å². The van der Waals surface area contributed by atoms with Gasteiger partial charge in [0.05, 0.1) is 42.0 Å². The number of anilines is 1. The molecule has 8 heteroatoms. The first-order chi connectivity index (χ1) is 14.5. The molecule has 2 heterocycles. The Morgan fingerprint density at radius 2 is 1.80 bits per heavy atom. The summed E-state index contributed by atoms with van der Waals surface area (Å²) in [6.45, 7) is -2.30. The Morgan fingerprint density at radius 3 is 2.47 bits per heavy atom. The fraction of sp³-hybridized carbons (Fsp3) is 0.136. The molecule has 4 aromatic rings. The Labute approximate surface area is 171 Å². The maximum atomic E-state index is 12.4. The van der Waals surface area contributed by atoms with Gasteiger partial charge in [0.2, 0.25) is 0 Å². The zero-order valence-electron chi connectivity index (χ0n) is 16.0. The second-order valence-corrected chi connectivity index (χ2v) is 6.67. The van der Waals surface area contributed by atoms with E-state index < -0.39 is 6.61 Å². The number of alkyl halides is 2. The highest BCUT2D eigenvalue weighted by Crippen LogP contribution is 2.25. The molecule has 0 aliphatic heterocycles. The summed E-state index contributed by atoms with van der Waals surface area (Å²) in [5.41, 5.74) is 4.73. The zero-order chi connectivity index (χ0) is 21.1. The molecule has 30 heavy (non-hydrogen) atoms. The van der Waals surface area contributed by atoms with Crippen molar-refractivity contribution in [2.24, 2.45) is 0 Å². The monoisotopic (exact) mass is 405 g/mol. The fourth-order valence-electron chi connectivity index (χ4n) is 3.16. The van der Waals surface area contributed by atoms with Crippen LogP contribution in [-0.4, -0.2) is 28.0 Å². The van der Waals surface area contributed by atoms with Crippen molar-refractivity contribution in [3.05, 3.63) is 78.4 Å². The van der Waals surface area contributed by atoms with Gasteiger partial charge < -0.3 is 9.64 Å². The van der Waals surface area contributed by atoms with E-state index in [-0.39, 0.29) is 5.75 Å². The molecule has 0 saturated carbocycles. The molecule has 150 valence electrons. The average molecular weight is 405 g/mol. The van der Waals surface area contributed by atoms with Gasteiger partial charge in [0, 0.05) is 24.5 Å². The molecule has 0 spiro atoms. The molecule has 0 radical (unpaired) electrons. The Bertz CT molecular complexity index is 1200. The topological polar surface area (TPSA) is 66.5 Å². The predicted octanol–water partition coefficient (Wildman–Crippen LogP) is 4.51. The number of imidazole rings is 1. The van der Waals surface area contributed by atoms with E-state index in [9.17, 15) is 8.78 Å². The molecule has 6 nitrogen and oxygen atoms in total. The van der Waals surface area contributed by atoms with E-state index >= 15 is 0 Å². The number of halogens is 2. The van der Waals surface area contributed by atoms with Gasteiger partial charge in [0.1, 0.15) is 5.75 Å². The Morgan fingerprint density at radius 1 is 1.07 bits per heavy atom. The Balaban J connectivity index is 1.58. The molecule has 0 aliphatic carbocycles. The van der Waals surface area contributed by atoms with E-state index in [1.807, 2.05) is 34.7 Å². The van der Waals surface area contributed by atoms with Gasteiger partial charge in [-0.25, -0.2) is 4.98 Å². The minimum Gasteiger partial charge on any atom is -0.435 e. The Kier molecular flexibility index (Phi) is 5.26. The van der Waals surface area contributed by atoms with Crippen LogP contribution < -0.4 is 9.64 Å². The summed E-state index contributed by atoms with van der Waals surface area (Å²) in [5.74, 6) is 0.106. The van der Waals surface area contributed by atoms with Crippen molar-refractivity contribution < 1.29 is 13.5 Å². The van der Waals surface area contributed by atoms with Crippen LogP contribution in [0.1, 0.15) is 11.3 Å². The van der Waals surface area contributed by atoms with Crippen LogP contribution in [0.25, 0.3) is 16.9 Å². The van der Waals surface area contributed by atoms with Gasteiger partial charge in [-0.1, -0.05) is 0 Å². The van der Waals surface area contributed by atoms with Crippen LogP contribution in [0.15, 0.2) is 67.1 Å². The second kappa shape index (κ2) is 8.17. The normalized spacial score (nSPS) is 10.9. The minimum atomic E-state index is -2.85. The molecule has 0 amide bonds. The van der Waals surface area contributed by atoms with Crippen LogP contribution in [-0.2, 0) is 6.54 Å². The maximum Gasteiger partial charge on any atom is 0.387 e. The largest absolute Gasteiger partial charge is 0.435 e. The van der Waals surface area contributed by atoms with Gasteiger partial charge in [-0.2, -0.15) is 14.0 Å². The lowest BCUT2D eigenvalue weighted by Gasteiger charge is -2.19. The highest BCUT2D eigenvalue weighted by molar-refractivity contribution is 5.64. The molecule has 0 atom stereocenters. The van der Waals surface area contributed by atoms with E-state index in [1.165, 1.54) is 12.1 Å². The number of hydrogen-bond donors (Lipinski definition) is 0. The van der Waals surface area contributed by atoms with Gasteiger partial charge in [-0.3, -0.25) is 9.38 Å². The number of aromatic nitrogens is 3. The molecule has 4 rings (SSSR count). The third kappa shape index (κ3) is 4.05. The first kappa shape index (κ1) is 19.3. The summed E-state index contributed by atoms with van der Waals surface area (Å²) in [4.78, 5) is 10.9. The third-order valence-corrected chi connectivity index (χ3v) is 4.66. The lowest BCUT2D eigenvalue weighted by molar-refractivity contribution is -0.0498. The summed E-state index contributed by atoms with van der Waals surface area (Å²) in [5, 5.41) is 8.93. The SMILES string of the molecule is CN(Cc1cn2c(-c3ccc(OC(F)F)cc3)cnc2cn1)c1ccc(C#N)cc1. The van der Waals surface area contributed by atoms with E-state index in [0.29, 0.717) is 17.8 Å². The van der Waals surface area contributed by atoms with E-state index in [0.717, 1.165) is 22.6 Å². The highest BCUT2D eigenvalue weighted by atomic mass is 19.3. The van der Waals surface area contributed by atoms with Crippen LogP contribution in [0.2, 0.25) is 0 Å². The summed E-state index contributed by atoms with van der Waals surface area (Å²) >= 11 is 0. The van der Waals surface area contributed by atoms with Crippen molar-refractivity contribution in [2.45, 2.75) is 13.2 Å². The first-order valence-electron chi connectivity index (χ1n) is 9.12. The highest BCUT2D eigenvalue weighted by Gasteiger charge is 2.10. The molecular weight excluding hydrogens is 388 g/mol. The molecule has 0 bridgehead atoms. The van der Waals surface area contributed by atoms with Crippen LogP contribution in [0, 0.1) is 11.3 Å². The zero-order valence-corrected chi connectivity index (χ0v) is 16.0. The van der Waals surface area contributed by atoms with Crippen molar-refractivity contribution in [1.82, 2.24) is 14.4 Å². The van der Waals surface area contributed by atoms with Gasteiger partial charge in [0.15, 0.2) is 5.65 Å². The van der Waals surface area contributed by atoms with Crippen molar-refractivity contribution >= 4 is 11.3 Å². The number of benzene rings is 2. The predicted molar refractivity (Wildman–Crippen MR) is 108 cm³/mol. The maximum absolute atomic E-state index is 12.4. The van der Waals surface area contributed by atoms with Crippen LogP contribution in [0.3, 0.4) is 0 Å². The van der Waals surface area contributed by atoms with Crippen LogP contribution in [0.4, 0.5) is 14.5 Å². The number of nitrogens with zero attached hydrogens (tertiary/aromatic N) is 5. The number of nitriles is 1. The van der Waals surface area contributed by atoms with Crippen molar-refractivity contribution in [3.8, 4) is 23.1 Å². The molecule has 2 aromatic heterocycles. The van der Waals surface area contributed by atoms with Crippen molar-refractivity contribution in [3.63, 3.8) is 0 Å². The number of fused-ring (bicyclic) bond motifs is 1. The fourth-order valence-corrected chi connectivity index (χ4v) is 3.16. The quantitative estimate of drug-likeness (QED) is 0.472. The molecular formula is C22H17F2N5O. The molecule has 0 saturated heterocycles. The number of hydrogen-bond acceptors (Lipinski definition) is 5. The van der Waals surface area contributed by atoms with Gasteiger partial charge in [-0.05, 0) is 48.5 Å². The number of ether oxygens (including phenoxy) is 1. The van der Waals surface area contributed by atoms with E-state index in [1.54, 1.807) is 36.7 Å². The average Bonchev–Trinajstić information content (AvgIpc) is 3.17. The van der Waals surface area contributed by atoms with Gasteiger partial charge in [-0.15, -0.1) is 0 Å². The molecule has 0 fully saturated rings. The molecule has 0 aliphatic rings. The number of rotatable bonds is 6. The minimum absolute atomic E-state index is 0.106. The second-order valence-electron chi connectivity index (χ2n) is 6.67. The van der Waals surface area contributed by atoms with E-state index in [4.69, 9.17) is 5.26 Å². The van der Waals surface area contributed by atoms with Crippen LogP contribution in [0.5, 0.6) is 5.75 Å². The molecule has 2 aromatic carbocycles. The van der Waals surface area contributed by atoms with Gasteiger partial charge >= 0.3 is 6.61 Å². The standard InChI is InChI=1S/C22H17F2N5O/c1-28(18-6-2-15(10-25)3-7-18)13-17-14-29-20(11-27-21(29)12-26-17)16-4-8-19(9-5-16)30-22(23)24/h2-9,11-12,14,22H,13H2,1H3. The van der Waals surface area contributed by atoms with Crippen molar-refractivity contribution in [1.29, 1.82) is 5.26 Å².